The van der Waals surface area contributed by atoms with Crippen LogP contribution in [0.2, 0.25) is 0 Å². The molecular formula is C12H15N3O4S. The van der Waals surface area contributed by atoms with Crippen molar-refractivity contribution in [2.24, 2.45) is 0 Å². The number of rotatable bonds is 5. The number of sulfonamides is 1. The van der Waals surface area contributed by atoms with E-state index in [9.17, 15) is 13.5 Å². The summed E-state index contributed by atoms with van der Waals surface area (Å²) in [6.07, 6.45) is 0. The van der Waals surface area contributed by atoms with Gasteiger partial charge in [-0.3, -0.25) is 9.82 Å². The van der Waals surface area contributed by atoms with Crippen LogP contribution in [-0.4, -0.2) is 30.8 Å². The van der Waals surface area contributed by atoms with Gasteiger partial charge < -0.3 is 9.84 Å². The van der Waals surface area contributed by atoms with E-state index in [0.29, 0.717) is 17.1 Å². The van der Waals surface area contributed by atoms with E-state index in [0.717, 1.165) is 0 Å². The van der Waals surface area contributed by atoms with Crippen LogP contribution in [0, 0.1) is 6.92 Å². The third-order valence-electron chi connectivity index (χ3n) is 2.79. The molecule has 1 aromatic carbocycles. The van der Waals surface area contributed by atoms with Crippen molar-refractivity contribution in [2.45, 2.75) is 18.6 Å². The van der Waals surface area contributed by atoms with Crippen molar-refractivity contribution in [3.63, 3.8) is 0 Å². The smallest absolute Gasteiger partial charge is 0.281 e. The van der Waals surface area contributed by atoms with E-state index in [1.165, 1.54) is 7.11 Å². The summed E-state index contributed by atoms with van der Waals surface area (Å²) in [5.41, 5.74) is 1.16. The van der Waals surface area contributed by atoms with Gasteiger partial charge in [0.1, 0.15) is 5.75 Å². The largest absolute Gasteiger partial charge is 0.497 e. The third kappa shape index (κ3) is 2.75. The number of aromatic amines is 1. The first-order valence-electron chi connectivity index (χ1n) is 5.79. The zero-order valence-corrected chi connectivity index (χ0v) is 11.9. The molecule has 0 aliphatic heterocycles. The van der Waals surface area contributed by atoms with Crippen LogP contribution in [0.4, 0.5) is 5.69 Å². The van der Waals surface area contributed by atoms with Crippen LogP contribution in [0.3, 0.4) is 0 Å². The monoisotopic (exact) mass is 297 g/mol. The average molecular weight is 297 g/mol. The van der Waals surface area contributed by atoms with Gasteiger partial charge in [-0.25, -0.2) is 0 Å². The van der Waals surface area contributed by atoms with Gasteiger partial charge in [0.05, 0.1) is 13.7 Å². The minimum Gasteiger partial charge on any atom is -0.497 e. The summed E-state index contributed by atoms with van der Waals surface area (Å²) in [5.74, 6) is 0.625. The lowest BCUT2D eigenvalue weighted by atomic mass is 10.3. The molecule has 108 valence electrons. The molecule has 2 aromatic rings. The average Bonchev–Trinajstić information content (AvgIpc) is 2.81. The molecule has 0 saturated heterocycles. The lowest BCUT2D eigenvalue weighted by Gasteiger charge is -2.08. The molecule has 1 heterocycles. The Balaban J connectivity index is 2.30. The second kappa shape index (κ2) is 5.51. The third-order valence-corrected chi connectivity index (χ3v) is 4.14. The first-order chi connectivity index (χ1) is 9.47. The fourth-order valence-electron chi connectivity index (χ4n) is 1.70. The van der Waals surface area contributed by atoms with Crippen LogP contribution in [0.1, 0.15) is 11.3 Å². The lowest BCUT2D eigenvalue weighted by molar-refractivity contribution is 0.277. The summed E-state index contributed by atoms with van der Waals surface area (Å²) < 4.78 is 31.8. The number of aliphatic hydroxyl groups is 1. The minimum absolute atomic E-state index is 0.201. The summed E-state index contributed by atoms with van der Waals surface area (Å²) in [5, 5.41) is 15.3. The van der Waals surface area contributed by atoms with Crippen LogP contribution in [0.15, 0.2) is 29.3 Å². The molecule has 0 unspecified atom stereocenters. The van der Waals surface area contributed by atoms with Crippen molar-refractivity contribution in [1.29, 1.82) is 0 Å². The van der Waals surface area contributed by atoms with Crippen LogP contribution >= 0.6 is 0 Å². The van der Waals surface area contributed by atoms with E-state index >= 15 is 0 Å². The van der Waals surface area contributed by atoms with Crippen molar-refractivity contribution in [3.8, 4) is 5.75 Å². The summed E-state index contributed by atoms with van der Waals surface area (Å²) >= 11 is 0. The molecule has 8 heteroatoms. The van der Waals surface area contributed by atoms with Crippen molar-refractivity contribution >= 4 is 15.7 Å². The molecule has 0 fully saturated rings. The molecule has 0 radical (unpaired) electrons. The first-order valence-corrected chi connectivity index (χ1v) is 7.28. The summed E-state index contributed by atoms with van der Waals surface area (Å²) in [6, 6.07) is 6.43. The Morgan fingerprint density at radius 2 is 2.00 bits per heavy atom. The highest BCUT2D eigenvalue weighted by Gasteiger charge is 2.23. The molecular weight excluding hydrogens is 282 g/mol. The molecule has 20 heavy (non-hydrogen) atoms. The predicted octanol–water partition coefficient (Wildman–Crippen LogP) is 1.02. The van der Waals surface area contributed by atoms with Crippen LogP contribution in [0.25, 0.3) is 0 Å². The molecule has 0 aliphatic rings. The molecule has 2 rings (SSSR count). The summed E-state index contributed by atoms with van der Waals surface area (Å²) in [4.78, 5) is 0. The Kier molecular flexibility index (Phi) is 3.96. The lowest BCUT2D eigenvalue weighted by Crippen LogP contribution is -2.15. The number of hydrogen-bond donors (Lipinski definition) is 3. The second-order valence-corrected chi connectivity index (χ2v) is 5.72. The number of ether oxygens (including phenoxy) is 1. The highest BCUT2D eigenvalue weighted by Crippen LogP contribution is 2.21. The van der Waals surface area contributed by atoms with E-state index < -0.39 is 16.6 Å². The molecule has 0 amide bonds. The standard InChI is InChI=1S/C12H15N3O4S/c1-8-11(7-16)12(14-13-8)20(17,18)15-9-3-5-10(19-2)6-4-9/h3-6,15-16H,7H2,1-2H3,(H,13,14). The van der Waals surface area contributed by atoms with Gasteiger partial charge in [0, 0.05) is 16.9 Å². The molecule has 0 saturated carbocycles. The van der Waals surface area contributed by atoms with E-state index in [1.807, 2.05) is 0 Å². The number of anilines is 1. The second-order valence-electron chi connectivity index (χ2n) is 4.12. The molecule has 3 N–H and O–H groups in total. The van der Waals surface area contributed by atoms with Crippen molar-refractivity contribution in [1.82, 2.24) is 10.2 Å². The highest BCUT2D eigenvalue weighted by atomic mass is 32.2. The molecule has 0 aliphatic carbocycles. The zero-order valence-electron chi connectivity index (χ0n) is 11.0. The number of nitrogens with zero attached hydrogens (tertiary/aromatic N) is 1. The fraction of sp³-hybridized carbons (Fsp3) is 0.250. The normalized spacial score (nSPS) is 11.3. The molecule has 0 bridgehead atoms. The van der Waals surface area contributed by atoms with Gasteiger partial charge in [0.15, 0.2) is 0 Å². The molecule has 0 spiro atoms. The van der Waals surface area contributed by atoms with Gasteiger partial charge in [-0.05, 0) is 31.2 Å². The van der Waals surface area contributed by atoms with Crippen LogP contribution in [-0.2, 0) is 16.6 Å². The van der Waals surface area contributed by atoms with Gasteiger partial charge in [0.25, 0.3) is 10.0 Å². The Labute approximate surface area is 116 Å². The fourth-order valence-corrected chi connectivity index (χ4v) is 2.95. The highest BCUT2D eigenvalue weighted by molar-refractivity contribution is 7.92. The van der Waals surface area contributed by atoms with Gasteiger partial charge in [-0.2, -0.15) is 13.5 Å². The Morgan fingerprint density at radius 3 is 2.55 bits per heavy atom. The number of aromatic nitrogens is 2. The van der Waals surface area contributed by atoms with Gasteiger partial charge in [-0.1, -0.05) is 0 Å². The Morgan fingerprint density at radius 1 is 1.35 bits per heavy atom. The maximum atomic E-state index is 12.2. The molecule has 1 aromatic heterocycles. The number of aliphatic hydroxyl groups excluding tert-OH is 1. The Bertz CT molecular complexity index is 692. The number of benzene rings is 1. The van der Waals surface area contributed by atoms with Crippen molar-refractivity contribution in [2.75, 3.05) is 11.8 Å². The first kappa shape index (κ1) is 14.4. The zero-order chi connectivity index (χ0) is 14.8. The topological polar surface area (TPSA) is 104 Å². The van der Waals surface area contributed by atoms with E-state index in [1.54, 1.807) is 31.2 Å². The number of nitrogens with one attached hydrogen (secondary N) is 2. The van der Waals surface area contributed by atoms with Gasteiger partial charge in [0.2, 0.25) is 5.03 Å². The number of H-pyrrole nitrogens is 1. The molecule has 7 nitrogen and oxygen atoms in total. The maximum absolute atomic E-state index is 12.2. The van der Waals surface area contributed by atoms with Gasteiger partial charge >= 0.3 is 0 Å². The van der Waals surface area contributed by atoms with Gasteiger partial charge in [-0.15, -0.1) is 0 Å². The van der Waals surface area contributed by atoms with E-state index in [-0.39, 0.29) is 10.6 Å². The maximum Gasteiger partial charge on any atom is 0.281 e. The van der Waals surface area contributed by atoms with E-state index in [4.69, 9.17) is 4.74 Å². The number of hydrogen-bond acceptors (Lipinski definition) is 5. The quantitative estimate of drug-likeness (QED) is 0.764. The predicted molar refractivity (Wildman–Crippen MR) is 73.1 cm³/mol. The molecule has 0 atom stereocenters. The Hall–Kier alpha value is -2.06. The number of methoxy groups -OCH3 is 1. The minimum atomic E-state index is -3.85. The van der Waals surface area contributed by atoms with E-state index in [2.05, 4.69) is 14.9 Å². The van der Waals surface area contributed by atoms with Crippen molar-refractivity contribution < 1.29 is 18.3 Å². The SMILES string of the molecule is COc1ccc(NS(=O)(=O)c2n[nH]c(C)c2CO)cc1. The van der Waals surface area contributed by atoms with Crippen molar-refractivity contribution in [3.05, 3.63) is 35.5 Å². The summed E-state index contributed by atoms with van der Waals surface area (Å²) in [6.45, 7) is 1.24. The van der Waals surface area contributed by atoms with Crippen LogP contribution < -0.4 is 9.46 Å². The van der Waals surface area contributed by atoms with Crippen LogP contribution in [0.5, 0.6) is 5.75 Å². The summed E-state index contributed by atoms with van der Waals surface area (Å²) in [7, 11) is -2.32. The number of aryl methyl sites for hydroxylation is 1.